The standard InChI is InChI=1S/C10H14N6O/c1-6(9-12-5-13-16-9)14-10-7(11)3-4-8(15-10)17-2/h3-6H,11H2,1-2H3,(H,14,15)(H,12,13,16). The molecule has 1 atom stereocenters. The number of aromatic amines is 1. The van der Waals surface area contributed by atoms with Crippen molar-refractivity contribution in [3.05, 3.63) is 24.3 Å². The lowest BCUT2D eigenvalue weighted by Gasteiger charge is -2.14. The maximum Gasteiger partial charge on any atom is 0.215 e. The summed E-state index contributed by atoms with van der Waals surface area (Å²) >= 11 is 0. The van der Waals surface area contributed by atoms with Gasteiger partial charge in [0.15, 0.2) is 5.82 Å². The van der Waals surface area contributed by atoms with Crippen molar-refractivity contribution >= 4 is 11.5 Å². The first kappa shape index (κ1) is 11.2. The Bertz CT molecular complexity index is 484. The average molecular weight is 234 g/mol. The molecule has 0 bridgehead atoms. The number of methoxy groups -OCH3 is 1. The smallest absolute Gasteiger partial charge is 0.215 e. The van der Waals surface area contributed by atoms with E-state index >= 15 is 0 Å². The fraction of sp³-hybridized carbons (Fsp3) is 0.300. The lowest BCUT2D eigenvalue weighted by atomic mass is 10.3. The van der Waals surface area contributed by atoms with Crippen molar-refractivity contribution in [2.75, 3.05) is 18.2 Å². The summed E-state index contributed by atoms with van der Waals surface area (Å²) in [7, 11) is 1.56. The number of rotatable bonds is 4. The summed E-state index contributed by atoms with van der Waals surface area (Å²) in [4.78, 5) is 8.28. The lowest BCUT2D eigenvalue weighted by molar-refractivity contribution is 0.398. The molecule has 0 aliphatic carbocycles. The Morgan fingerprint density at radius 2 is 2.29 bits per heavy atom. The summed E-state index contributed by atoms with van der Waals surface area (Å²) < 4.78 is 5.04. The fourth-order valence-corrected chi connectivity index (χ4v) is 1.38. The van der Waals surface area contributed by atoms with Crippen molar-refractivity contribution < 1.29 is 4.74 Å². The van der Waals surface area contributed by atoms with Crippen LogP contribution in [0, 0.1) is 0 Å². The van der Waals surface area contributed by atoms with Gasteiger partial charge in [-0.15, -0.1) is 0 Å². The van der Waals surface area contributed by atoms with E-state index in [2.05, 4.69) is 25.5 Å². The van der Waals surface area contributed by atoms with Crippen LogP contribution in [0.2, 0.25) is 0 Å². The molecule has 0 saturated carbocycles. The Labute approximate surface area is 98.4 Å². The molecule has 7 nitrogen and oxygen atoms in total. The fourth-order valence-electron chi connectivity index (χ4n) is 1.38. The molecule has 90 valence electrons. The minimum Gasteiger partial charge on any atom is -0.481 e. The SMILES string of the molecule is COc1ccc(N)c(NC(C)c2ncn[nH]2)n1. The van der Waals surface area contributed by atoms with Gasteiger partial charge in [0, 0.05) is 6.07 Å². The van der Waals surface area contributed by atoms with Gasteiger partial charge in [-0.3, -0.25) is 5.10 Å². The molecular formula is C10H14N6O. The first-order valence-corrected chi connectivity index (χ1v) is 5.13. The van der Waals surface area contributed by atoms with E-state index in [1.807, 2.05) is 6.92 Å². The Hall–Kier alpha value is -2.31. The highest BCUT2D eigenvalue weighted by Gasteiger charge is 2.11. The molecule has 2 aromatic rings. The Morgan fingerprint density at radius 3 is 2.94 bits per heavy atom. The number of aromatic nitrogens is 4. The van der Waals surface area contributed by atoms with Crippen LogP contribution in [0.15, 0.2) is 18.5 Å². The molecule has 0 saturated heterocycles. The number of nitrogens with two attached hydrogens (primary N) is 1. The van der Waals surface area contributed by atoms with Crippen molar-refractivity contribution in [3.63, 3.8) is 0 Å². The van der Waals surface area contributed by atoms with Gasteiger partial charge in [0.25, 0.3) is 0 Å². The molecule has 17 heavy (non-hydrogen) atoms. The molecule has 2 heterocycles. The van der Waals surface area contributed by atoms with Gasteiger partial charge in [0.1, 0.15) is 12.2 Å². The number of nitrogens with zero attached hydrogens (tertiary/aromatic N) is 3. The van der Waals surface area contributed by atoms with E-state index in [1.54, 1.807) is 19.2 Å². The summed E-state index contributed by atoms with van der Waals surface area (Å²) in [5.74, 6) is 1.79. The van der Waals surface area contributed by atoms with Crippen LogP contribution in [0.25, 0.3) is 0 Å². The molecule has 0 aromatic carbocycles. The van der Waals surface area contributed by atoms with Crippen molar-refractivity contribution in [2.24, 2.45) is 0 Å². The van der Waals surface area contributed by atoms with Gasteiger partial charge < -0.3 is 15.8 Å². The molecule has 0 aliphatic rings. The number of H-pyrrole nitrogens is 1. The number of pyridine rings is 1. The Kier molecular flexibility index (Phi) is 3.08. The molecule has 2 aromatic heterocycles. The first-order chi connectivity index (χ1) is 8.20. The van der Waals surface area contributed by atoms with Gasteiger partial charge in [-0.1, -0.05) is 0 Å². The minimum absolute atomic E-state index is 0.0700. The zero-order chi connectivity index (χ0) is 12.3. The van der Waals surface area contributed by atoms with Gasteiger partial charge in [0.2, 0.25) is 5.88 Å². The molecule has 0 spiro atoms. The van der Waals surface area contributed by atoms with Crippen molar-refractivity contribution in [1.82, 2.24) is 20.2 Å². The van der Waals surface area contributed by atoms with Gasteiger partial charge >= 0.3 is 0 Å². The number of hydrogen-bond donors (Lipinski definition) is 3. The topological polar surface area (TPSA) is 102 Å². The van der Waals surface area contributed by atoms with Gasteiger partial charge in [-0.25, -0.2) is 4.98 Å². The molecule has 7 heteroatoms. The van der Waals surface area contributed by atoms with Crippen LogP contribution in [-0.4, -0.2) is 27.3 Å². The maximum atomic E-state index is 5.82. The molecule has 2 rings (SSSR count). The van der Waals surface area contributed by atoms with Crippen molar-refractivity contribution in [2.45, 2.75) is 13.0 Å². The summed E-state index contributed by atoms with van der Waals surface area (Å²) in [5, 5.41) is 9.71. The number of hydrogen-bond acceptors (Lipinski definition) is 6. The predicted molar refractivity (Wildman–Crippen MR) is 63.6 cm³/mol. The summed E-state index contributed by atoms with van der Waals surface area (Å²) in [6.45, 7) is 1.93. The zero-order valence-corrected chi connectivity index (χ0v) is 9.64. The van der Waals surface area contributed by atoms with Crippen LogP contribution >= 0.6 is 0 Å². The van der Waals surface area contributed by atoms with E-state index < -0.39 is 0 Å². The van der Waals surface area contributed by atoms with Crippen LogP contribution in [0.1, 0.15) is 18.8 Å². The molecule has 4 N–H and O–H groups in total. The van der Waals surface area contributed by atoms with Crippen LogP contribution in [0.4, 0.5) is 11.5 Å². The monoisotopic (exact) mass is 234 g/mol. The molecule has 1 unspecified atom stereocenters. The van der Waals surface area contributed by atoms with Crippen molar-refractivity contribution in [3.8, 4) is 5.88 Å². The van der Waals surface area contributed by atoms with E-state index in [0.717, 1.165) is 0 Å². The largest absolute Gasteiger partial charge is 0.481 e. The lowest BCUT2D eigenvalue weighted by Crippen LogP contribution is -2.11. The van der Waals surface area contributed by atoms with Crippen LogP contribution < -0.4 is 15.8 Å². The quantitative estimate of drug-likeness (QED) is 0.728. The minimum atomic E-state index is -0.0700. The normalized spacial score (nSPS) is 12.1. The van der Waals surface area contributed by atoms with Gasteiger partial charge in [-0.05, 0) is 13.0 Å². The highest BCUT2D eigenvalue weighted by Crippen LogP contribution is 2.23. The summed E-state index contributed by atoms with van der Waals surface area (Å²) in [5.41, 5.74) is 6.37. The van der Waals surface area contributed by atoms with E-state index in [1.165, 1.54) is 6.33 Å². The number of nitrogen functional groups attached to an aromatic ring is 1. The maximum absolute atomic E-state index is 5.82. The number of ether oxygens (including phenoxy) is 1. The molecular weight excluding hydrogens is 220 g/mol. The third kappa shape index (κ3) is 2.44. The molecule has 0 radical (unpaired) electrons. The highest BCUT2D eigenvalue weighted by molar-refractivity contribution is 5.62. The van der Waals surface area contributed by atoms with Crippen LogP contribution in [-0.2, 0) is 0 Å². The second-order valence-corrected chi connectivity index (χ2v) is 3.53. The van der Waals surface area contributed by atoms with E-state index in [4.69, 9.17) is 10.5 Å². The third-order valence-electron chi connectivity index (χ3n) is 2.31. The summed E-state index contributed by atoms with van der Waals surface area (Å²) in [6, 6.07) is 3.38. The van der Waals surface area contributed by atoms with E-state index in [9.17, 15) is 0 Å². The summed E-state index contributed by atoms with van der Waals surface area (Å²) in [6.07, 6.45) is 1.45. The van der Waals surface area contributed by atoms with E-state index in [-0.39, 0.29) is 6.04 Å². The van der Waals surface area contributed by atoms with Crippen LogP contribution in [0.3, 0.4) is 0 Å². The second-order valence-electron chi connectivity index (χ2n) is 3.53. The average Bonchev–Trinajstić information content (AvgIpc) is 2.85. The molecule has 0 fully saturated rings. The van der Waals surface area contributed by atoms with Crippen molar-refractivity contribution in [1.29, 1.82) is 0 Å². The second kappa shape index (κ2) is 4.69. The Morgan fingerprint density at radius 1 is 1.47 bits per heavy atom. The number of nitrogens with one attached hydrogen (secondary N) is 2. The van der Waals surface area contributed by atoms with Crippen LogP contribution in [0.5, 0.6) is 5.88 Å². The molecule has 0 aliphatic heterocycles. The van der Waals surface area contributed by atoms with Gasteiger partial charge in [0.05, 0.1) is 18.8 Å². The highest BCUT2D eigenvalue weighted by atomic mass is 16.5. The number of anilines is 2. The Balaban J connectivity index is 2.18. The predicted octanol–water partition coefficient (Wildman–Crippen LogP) is 0.964. The van der Waals surface area contributed by atoms with Gasteiger partial charge in [-0.2, -0.15) is 10.1 Å². The third-order valence-corrected chi connectivity index (χ3v) is 2.31. The molecule has 0 amide bonds. The van der Waals surface area contributed by atoms with E-state index in [0.29, 0.717) is 23.2 Å². The first-order valence-electron chi connectivity index (χ1n) is 5.13. The zero-order valence-electron chi connectivity index (χ0n) is 9.64.